The van der Waals surface area contributed by atoms with Gasteiger partial charge in [0.1, 0.15) is 0 Å². The molecule has 1 amide bonds. The maximum absolute atomic E-state index is 12.5. The Bertz CT molecular complexity index is 840. The van der Waals surface area contributed by atoms with Gasteiger partial charge >= 0.3 is 6.18 Å². The zero-order valence-electron chi connectivity index (χ0n) is 12.9. The van der Waals surface area contributed by atoms with Crippen LogP contribution in [0.25, 0.3) is 11.3 Å². The van der Waals surface area contributed by atoms with Crippen LogP contribution in [0.3, 0.4) is 0 Å². The molecule has 0 saturated carbocycles. The fourth-order valence-corrected chi connectivity index (χ4v) is 2.21. The quantitative estimate of drug-likeness (QED) is 0.767. The molecule has 0 aliphatic rings. The molecule has 7 heteroatoms. The normalized spacial score (nSPS) is 11.3. The summed E-state index contributed by atoms with van der Waals surface area (Å²) in [5, 5.41) is 2.65. The van der Waals surface area contributed by atoms with Crippen molar-refractivity contribution in [1.82, 2.24) is 10.3 Å². The first-order chi connectivity index (χ1) is 11.9. The number of furan rings is 1. The van der Waals surface area contributed by atoms with Crippen LogP contribution in [0, 0.1) is 0 Å². The molecule has 0 bridgehead atoms. The van der Waals surface area contributed by atoms with Crippen molar-refractivity contribution in [2.75, 3.05) is 0 Å². The lowest BCUT2D eigenvalue weighted by atomic mass is 10.1. The van der Waals surface area contributed by atoms with Crippen molar-refractivity contribution in [3.63, 3.8) is 0 Å². The van der Waals surface area contributed by atoms with Crippen molar-refractivity contribution >= 4 is 5.91 Å². The van der Waals surface area contributed by atoms with Crippen molar-refractivity contribution in [3.05, 3.63) is 77.9 Å². The van der Waals surface area contributed by atoms with Crippen molar-refractivity contribution in [2.45, 2.75) is 12.7 Å². The van der Waals surface area contributed by atoms with E-state index in [9.17, 15) is 18.0 Å². The van der Waals surface area contributed by atoms with Gasteiger partial charge in [-0.1, -0.05) is 6.07 Å². The molecule has 0 radical (unpaired) electrons. The lowest BCUT2D eigenvalue weighted by molar-refractivity contribution is -0.137. The topological polar surface area (TPSA) is 55.1 Å². The predicted molar refractivity (Wildman–Crippen MR) is 84.6 cm³/mol. The van der Waals surface area contributed by atoms with Crippen molar-refractivity contribution < 1.29 is 22.4 Å². The largest absolute Gasteiger partial charge is 0.472 e. The van der Waals surface area contributed by atoms with E-state index in [1.165, 1.54) is 0 Å². The van der Waals surface area contributed by atoms with E-state index in [0.717, 1.165) is 41.1 Å². The monoisotopic (exact) mass is 346 g/mol. The van der Waals surface area contributed by atoms with Crippen molar-refractivity contribution in [2.24, 2.45) is 0 Å². The molecule has 2 heterocycles. The summed E-state index contributed by atoms with van der Waals surface area (Å²) in [7, 11) is 0. The molecule has 4 nitrogen and oxygen atoms in total. The third-order valence-electron chi connectivity index (χ3n) is 3.57. The maximum Gasteiger partial charge on any atom is 0.416 e. The van der Waals surface area contributed by atoms with E-state index in [2.05, 4.69) is 10.3 Å². The van der Waals surface area contributed by atoms with Crippen molar-refractivity contribution in [1.29, 1.82) is 0 Å². The Morgan fingerprint density at radius 3 is 2.40 bits per heavy atom. The van der Waals surface area contributed by atoms with Crippen LogP contribution in [0.15, 0.2) is 65.6 Å². The highest BCUT2D eigenvalue weighted by molar-refractivity contribution is 5.94. The average molecular weight is 346 g/mol. The minimum absolute atomic E-state index is 0.163. The van der Waals surface area contributed by atoms with Gasteiger partial charge in [-0.15, -0.1) is 0 Å². The molecular formula is C18H13F3N2O2. The second-order valence-corrected chi connectivity index (χ2v) is 5.32. The number of pyridine rings is 1. The van der Waals surface area contributed by atoms with Crippen LogP contribution < -0.4 is 5.32 Å². The predicted octanol–water partition coefficient (Wildman–Crippen LogP) is 4.29. The summed E-state index contributed by atoms with van der Waals surface area (Å²) in [4.78, 5) is 16.3. The number of hydrogen-bond acceptors (Lipinski definition) is 3. The molecular weight excluding hydrogens is 333 g/mol. The molecule has 128 valence electrons. The Labute approximate surface area is 141 Å². The maximum atomic E-state index is 12.5. The highest BCUT2D eigenvalue weighted by Gasteiger charge is 2.30. The first kappa shape index (κ1) is 16.8. The van der Waals surface area contributed by atoms with Gasteiger partial charge in [-0.05, 0) is 42.0 Å². The van der Waals surface area contributed by atoms with E-state index in [1.807, 2.05) is 6.07 Å². The number of halogens is 3. The van der Waals surface area contributed by atoms with Gasteiger partial charge in [0, 0.05) is 23.9 Å². The van der Waals surface area contributed by atoms with E-state index in [4.69, 9.17) is 4.42 Å². The first-order valence-electron chi connectivity index (χ1n) is 7.36. The van der Waals surface area contributed by atoms with E-state index >= 15 is 0 Å². The van der Waals surface area contributed by atoms with Crippen LogP contribution in [0.1, 0.15) is 21.5 Å². The van der Waals surface area contributed by atoms with E-state index in [1.54, 1.807) is 30.9 Å². The minimum Gasteiger partial charge on any atom is -0.472 e. The first-order valence-corrected chi connectivity index (χ1v) is 7.36. The van der Waals surface area contributed by atoms with Gasteiger partial charge in [-0.3, -0.25) is 9.78 Å². The number of carbonyl (C=O) groups is 1. The lowest BCUT2D eigenvalue weighted by Crippen LogP contribution is -2.23. The number of nitrogens with zero attached hydrogens (tertiary/aromatic N) is 1. The van der Waals surface area contributed by atoms with Gasteiger partial charge in [0.25, 0.3) is 5.91 Å². The Morgan fingerprint density at radius 1 is 1.08 bits per heavy atom. The second-order valence-electron chi connectivity index (χ2n) is 5.32. The zero-order chi connectivity index (χ0) is 17.9. The van der Waals surface area contributed by atoms with E-state index < -0.39 is 17.6 Å². The molecule has 0 spiro atoms. The van der Waals surface area contributed by atoms with Crippen LogP contribution in [-0.4, -0.2) is 10.9 Å². The average Bonchev–Trinajstić information content (AvgIpc) is 3.14. The summed E-state index contributed by atoms with van der Waals surface area (Å²) < 4.78 is 42.5. The van der Waals surface area contributed by atoms with Gasteiger partial charge in [0.15, 0.2) is 0 Å². The van der Waals surface area contributed by atoms with Crippen LogP contribution in [0.2, 0.25) is 0 Å². The molecule has 0 fully saturated rings. The summed E-state index contributed by atoms with van der Waals surface area (Å²) in [5.41, 5.74) is 1.73. The van der Waals surface area contributed by atoms with Crippen molar-refractivity contribution in [3.8, 4) is 11.3 Å². The fraction of sp³-hybridized carbons (Fsp3) is 0.111. The molecule has 3 aromatic rings. The van der Waals surface area contributed by atoms with Gasteiger partial charge in [0.2, 0.25) is 0 Å². The Balaban J connectivity index is 1.60. The molecule has 0 atom stereocenters. The molecule has 1 N–H and O–H groups in total. The molecule has 0 saturated heterocycles. The fourth-order valence-electron chi connectivity index (χ4n) is 2.21. The van der Waals surface area contributed by atoms with E-state index in [0.29, 0.717) is 0 Å². The Kier molecular flexibility index (Phi) is 4.56. The Morgan fingerprint density at radius 2 is 1.84 bits per heavy atom. The zero-order valence-corrected chi connectivity index (χ0v) is 12.9. The number of nitrogens with one attached hydrogen (secondary N) is 1. The number of alkyl halides is 3. The lowest BCUT2D eigenvalue weighted by Gasteiger charge is -2.08. The molecule has 0 aliphatic carbocycles. The highest BCUT2D eigenvalue weighted by atomic mass is 19.4. The van der Waals surface area contributed by atoms with Crippen LogP contribution in [0.4, 0.5) is 13.2 Å². The summed E-state index contributed by atoms with van der Waals surface area (Å²) in [6, 6.07) is 9.46. The number of carbonyl (C=O) groups excluding carboxylic acids is 1. The Hall–Kier alpha value is -3.09. The SMILES string of the molecule is O=C(NCc1ccc(-c2ccoc2)nc1)c1ccc(C(F)(F)F)cc1. The highest BCUT2D eigenvalue weighted by Crippen LogP contribution is 2.29. The summed E-state index contributed by atoms with van der Waals surface area (Å²) in [6.07, 6.45) is 0.330. The molecule has 1 aromatic carbocycles. The number of rotatable bonds is 4. The van der Waals surface area contributed by atoms with Crippen LogP contribution >= 0.6 is 0 Å². The van der Waals surface area contributed by atoms with Crippen LogP contribution in [0.5, 0.6) is 0 Å². The third-order valence-corrected chi connectivity index (χ3v) is 3.57. The number of aromatic nitrogens is 1. The summed E-state index contributed by atoms with van der Waals surface area (Å²) in [6.45, 7) is 0.221. The summed E-state index contributed by atoms with van der Waals surface area (Å²) >= 11 is 0. The van der Waals surface area contributed by atoms with Gasteiger partial charge in [-0.2, -0.15) is 13.2 Å². The van der Waals surface area contributed by atoms with E-state index in [-0.39, 0.29) is 12.1 Å². The minimum atomic E-state index is -4.42. The van der Waals surface area contributed by atoms with Gasteiger partial charge in [0.05, 0.1) is 23.8 Å². The number of benzene rings is 1. The van der Waals surface area contributed by atoms with Crippen LogP contribution in [-0.2, 0) is 12.7 Å². The summed E-state index contributed by atoms with van der Waals surface area (Å²) in [5.74, 6) is -0.451. The van der Waals surface area contributed by atoms with Gasteiger partial charge in [-0.25, -0.2) is 0 Å². The number of amides is 1. The van der Waals surface area contributed by atoms with Gasteiger partial charge < -0.3 is 9.73 Å². The standard InChI is InChI=1S/C18H13F3N2O2/c19-18(20,21)15-4-2-13(3-5-15)17(24)23-10-12-1-6-16(22-9-12)14-7-8-25-11-14/h1-9,11H,10H2,(H,23,24). The molecule has 0 unspecified atom stereocenters. The molecule has 0 aliphatic heterocycles. The third kappa shape index (κ3) is 4.06. The smallest absolute Gasteiger partial charge is 0.416 e. The number of hydrogen-bond donors (Lipinski definition) is 1. The molecule has 3 rings (SSSR count). The molecule has 2 aromatic heterocycles. The molecule has 25 heavy (non-hydrogen) atoms. The second kappa shape index (κ2) is 6.80.